The number of amides is 1. The fraction of sp³-hybridized carbons (Fsp3) is 0.182. The maximum Gasteiger partial charge on any atom is 0.262 e. The molecule has 138 valence electrons. The van der Waals surface area contributed by atoms with Crippen molar-refractivity contribution in [1.82, 2.24) is 5.43 Å². The van der Waals surface area contributed by atoms with Gasteiger partial charge < -0.3 is 10.2 Å². The number of hydrogen-bond donors (Lipinski definition) is 2. The van der Waals surface area contributed by atoms with Crippen LogP contribution in [0.3, 0.4) is 0 Å². The molecule has 5 nitrogen and oxygen atoms in total. The Labute approximate surface area is 159 Å². The van der Waals surface area contributed by atoms with E-state index < -0.39 is 6.04 Å². The highest BCUT2D eigenvalue weighted by Crippen LogP contribution is 2.23. The maximum atomic E-state index is 12.3. The second kappa shape index (κ2) is 8.36. The number of nitrogens with zero attached hydrogens (tertiary/aromatic N) is 2. The van der Waals surface area contributed by atoms with Crippen LogP contribution in [0.5, 0.6) is 0 Å². The quantitative estimate of drug-likeness (QED) is 0.518. The van der Waals surface area contributed by atoms with Crippen molar-refractivity contribution in [3.63, 3.8) is 0 Å². The number of carbonyl (C=O) groups excluding carboxylic acids is 1. The van der Waals surface area contributed by atoms with Crippen molar-refractivity contribution in [2.45, 2.75) is 13.0 Å². The van der Waals surface area contributed by atoms with Crippen LogP contribution in [0.4, 0.5) is 11.4 Å². The number of nitrogens with one attached hydrogen (secondary N) is 2. The normalized spacial score (nSPS) is 12.1. The van der Waals surface area contributed by atoms with Crippen molar-refractivity contribution in [1.29, 1.82) is 0 Å². The monoisotopic (exact) mass is 360 g/mol. The third kappa shape index (κ3) is 4.64. The predicted molar refractivity (Wildman–Crippen MR) is 114 cm³/mol. The van der Waals surface area contributed by atoms with Gasteiger partial charge in [-0.2, -0.15) is 5.10 Å². The number of carbonyl (C=O) groups is 1. The molecule has 1 atom stereocenters. The number of fused-ring (bicyclic) bond motifs is 1. The van der Waals surface area contributed by atoms with E-state index in [9.17, 15) is 4.79 Å². The summed E-state index contributed by atoms with van der Waals surface area (Å²) in [6, 6.07) is 21.6. The van der Waals surface area contributed by atoms with Gasteiger partial charge in [0.2, 0.25) is 0 Å². The topological polar surface area (TPSA) is 56.7 Å². The standard InChI is InChI=1S/C22H24N4O/c1-16(24-21-10-6-8-18-7-4-5-9-20(18)21)22(27)25-23-15-17-11-13-19(14-12-17)26(2)3/h4-16,24H,1-3H3,(H,25,27)/b23-15-/t16-/m0/s1. The Morgan fingerprint density at radius 3 is 2.44 bits per heavy atom. The van der Waals surface area contributed by atoms with Crippen LogP contribution in [-0.2, 0) is 4.79 Å². The van der Waals surface area contributed by atoms with Gasteiger partial charge in [0, 0.05) is 30.9 Å². The molecule has 0 aliphatic rings. The predicted octanol–water partition coefficient (Wildman–Crippen LogP) is 3.86. The Hall–Kier alpha value is -3.34. The fourth-order valence-corrected chi connectivity index (χ4v) is 2.78. The first-order chi connectivity index (χ1) is 13.0. The highest BCUT2D eigenvalue weighted by molar-refractivity contribution is 5.96. The zero-order valence-corrected chi connectivity index (χ0v) is 15.8. The Kier molecular flexibility index (Phi) is 5.71. The summed E-state index contributed by atoms with van der Waals surface area (Å²) in [6.07, 6.45) is 1.64. The Morgan fingerprint density at radius 1 is 1.00 bits per heavy atom. The van der Waals surface area contributed by atoms with Gasteiger partial charge in [-0.25, -0.2) is 5.43 Å². The van der Waals surface area contributed by atoms with Crippen molar-refractivity contribution >= 4 is 34.3 Å². The molecule has 0 aliphatic heterocycles. The molecule has 5 heteroatoms. The Bertz CT molecular complexity index is 943. The number of hydrazone groups is 1. The Morgan fingerprint density at radius 2 is 1.70 bits per heavy atom. The summed E-state index contributed by atoms with van der Waals surface area (Å²) in [5.41, 5.74) is 5.57. The number of rotatable bonds is 6. The number of benzene rings is 3. The molecule has 1 amide bonds. The van der Waals surface area contributed by atoms with Gasteiger partial charge >= 0.3 is 0 Å². The van der Waals surface area contributed by atoms with Crippen LogP contribution in [0, 0.1) is 0 Å². The smallest absolute Gasteiger partial charge is 0.262 e. The first-order valence-electron chi connectivity index (χ1n) is 8.89. The summed E-state index contributed by atoms with van der Waals surface area (Å²) in [6.45, 7) is 1.82. The SMILES string of the molecule is C[C@H](Nc1cccc2ccccc12)C(=O)N/N=C\c1ccc(N(C)C)cc1. The first-order valence-corrected chi connectivity index (χ1v) is 8.89. The summed E-state index contributed by atoms with van der Waals surface area (Å²) < 4.78 is 0. The third-order valence-electron chi connectivity index (χ3n) is 4.35. The van der Waals surface area contributed by atoms with Gasteiger partial charge in [0.1, 0.15) is 6.04 Å². The van der Waals surface area contributed by atoms with Gasteiger partial charge in [-0.1, -0.05) is 48.5 Å². The first kappa shape index (κ1) is 18.5. The van der Waals surface area contributed by atoms with E-state index in [-0.39, 0.29) is 5.91 Å². The summed E-state index contributed by atoms with van der Waals surface area (Å²) in [7, 11) is 3.99. The number of anilines is 2. The average Bonchev–Trinajstić information content (AvgIpc) is 2.68. The van der Waals surface area contributed by atoms with Crippen molar-refractivity contribution in [2.75, 3.05) is 24.3 Å². The van der Waals surface area contributed by atoms with Gasteiger partial charge in [0.05, 0.1) is 6.21 Å². The zero-order chi connectivity index (χ0) is 19.2. The van der Waals surface area contributed by atoms with Gasteiger partial charge in [-0.3, -0.25) is 4.79 Å². The minimum atomic E-state index is -0.413. The lowest BCUT2D eigenvalue weighted by Crippen LogP contribution is -2.34. The molecule has 3 aromatic rings. The third-order valence-corrected chi connectivity index (χ3v) is 4.35. The molecular weight excluding hydrogens is 336 g/mol. The van der Waals surface area contributed by atoms with E-state index in [4.69, 9.17) is 0 Å². The molecule has 0 bridgehead atoms. The van der Waals surface area contributed by atoms with Gasteiger partial charge in [-0.05, 0) is 36.1 Å². The van der Waals surface area contributed by atoms with Crippen LogP contribution < -0.4 is 15.6 Å². The van der Waals surface area contributed by atoms with Crippen LogP contribution in [0.2, 0.25) is 0 Å². The van der Waals surface area contributed by atoms with Gasteiger partial charge in [0.25, 0.3) is 5.91 Å². The van der Waals surface area contributed by atoms with E-state index in [1.807, 2.05) is 80.5 Å². The molecule has 3 aromatic carbocycles. The summed E-state index contributed by atoms with van der Waals surface area (Å²) in [4.78, 5) is 14.4. The molecule has 0 fully saturated rings. The Balaban J connectivity index is 1.60. The van der Waals surface area contributed by atoms with Gasteiger partial charge in [-0.15, -0.1) is 0 Å². The molecule has 0 aromatic heterocycles. The van der Waals surface area contributed by atoms with Crippen LogP contribution in [0.25, 0.3) is 10.8 Å². The molecule has 0 saturated heterocycles. The molecule has 0 spiro atoms. The lowest BCUT2D eigenvalue weighted by atomic mass is 10.1. The second-order valence-corrected chi connectivity index (χ2v) is 6.61. The molecule has 3 rings (SSSR count). The van der Waals surface area contributed by atoms with E-state index in [1.165, 1.54) is 0 Å². The molecule has 27 heavy (non-hydrogen) atoms. The average molecular weight is 360 g/mol. The van der Waals surface area contributed by atoms with Crippen molar-refractivity contribution < 1.29 is 4.79 Å². The summed E-state index contributed by atoms with van der Waals surface area (Å²) >= 11 is 0. The van der Waals surface area contributed by atoms with Crippen LogP contribution in [0.1, 0.15) is 12.5 Å². The van der Waals surface area contributed by atoms with E-state index in [2.05, 4.69) is 28.0 Å². The fourth-order valence-electron chi connectivity index (χ4n) is 2.78. The van der Waals surface area contributed by atoms with E-state index in [0.29, 0.717) is 0 Å². The van der Waals surface area contributed by atoms with Crippen LogP contribution in [0.15, 0.2) is 71.8 Å². The maximum absolute atomic E-state index is 12.3. The lowest BCUT2D eigenvalue weighted by Gasteiger charge is -2.15. The number of hydrogen-bond acceptors (Lipinski definition) is 4. The van der Waals surface area contributed by atoms with Crippen molar-refractivity contribution in [3.05, 3.63) is 72.3 Å². The zero-order valence-electron chi connectivity index (χ0n) is 15.8. The molecule has 0 radical (unpaired) electrons. The van der Waals surface area contributed by atoms with E-state index >= 15 is 0 Å². The van der Waals surface area contributed by atoms with E-state index in [1.54, 1.807) is 6.21 Å². The molecule has 0 saturated carbocycles. The molecule has 0 aliphatic carbocycles. The minimum absolute atomic E-state index is 0.191. The van der Waals surface area contributed by atoms with Gasteiger partial charge in [0.15, 0.2) is 0 Å². The molecule has 0 heterocycles. The van der Waals surface area contributed by atoms with Crippen molar-refractivity contribution in [2.24, 2.45) is 5.10 Å². The van der Waals surface area contributed by atoms with Crippen LogP contribution >= 0.6 is 0 Å². The highest BCUT2D eigenvalue weighted by Gasteiger charge is 2.12. The molecular formula is C22H24N4O. The second-order valence-electron chi connectivity index (χ2n) is 6.61. The van der Waals surface area contributed by atoms with E-state index in [0.717, 1.165) is 27.7 Å². The van der Waals surface area contributed by atoms with Crippen LogP contribution in [-0.4, -0.2) is 32.3 Å². The molecule has 2 N–H and O–H groups in total. The van der Waals surface area contributed by atoms with Crippen molar-refractivity contribution in [3.8, 4) is 0 Å². The lowest BCUT2D eigenvalue weighted by molar-refractivity contribution is -0.121. The summed E-state index contributed by atoms with van der Waals surface area (Å²) in [5, 5.41) is 9.55. The highest BCUT2D eigenvalue weighted by atomic mass is 16.2. The summed E-state index contributed by atoms with van der Waals surface area (Å²) in [5.74, 6) is -0.191. The molecule has 0 unspecified atom stereocenters. The minimum Gasteiger partial charge on any atom is -0.378 e. The largest absolute Gasteiger partial charge is 0.378 e.